The fourth-order valence-electron chi connectivity index (χ4n) is 5.96. The third-order valence-electron chi connectivity index (χ3n) is 8.72. The van der Waals surface area contributed by atoms with E-state index in [0.29, 0.717) is 11.8 Å². The van der Waals surface area contributed by atoms with Crippen LogP contribution in [0.15, 0.2) is 109 Å². The third kappa shape index (κ3) is 6.12. The number of benzene rings is 4. The molecule has 0 fully saturated rings. The van der Waals surface area contributed by atoms with E-state index < -0.39 is 8.07 Å². The molecule has 212 valence electrons. The van der Waals surface area contributed by atoms with E-state index in [2.05, 4.69) is 150 Å². The fraction of sp³-hybridized carbons (Fsp3) is 0.200. The zero-order chi connectivity index (χ0) is 27.3. The van der Waals surface area contributed by atoms with Crippen LogP contribution in [0.4, 0.5) is 0 Å². The van der Waals surface area contributed by atoms with E-state index in [1.54, 1.807) is 0 Å². The summed E-state index contributed by atoms with van der Waals surface area (Å²) in [7, 11) is -1.92. The molecule has 0 saturated carbocycles. The molecule has 0 atom stereocenters. The SMILES string of the molecule is CC(C)c1ccc(-c2cccc3[cH-]c([Si](C)(C)c4cc5c(-c6ccc(C(C)C)cc6)cccc5[cH-]4)cc23)cc1.[CH3-].[CH3-].[Hf+4]. The summed E-state index contributed by atoms with van der Waals surface area (Å²) in [5, 5.41) is 8.43. The van der Waals surface area contributed by atoms with E-state index in [-0.39, 0.29) is 40.7 Å². The first-order valence-electron chi connectivity index (χ1n) is 14.3. The molecular formula is C40H44HfSi. The van der Waals surface area contributed by atoms with Gasteiger partial charge in [-0.1, -0.05) is 113 Å². The van der Waals surface area contributed by atoms with Gasteiger partial charge in [-0.2, -0.15) is 12.1 Å². The fourth-order valence-corrected chi connectivity index (χ4v) is 8.33. The second-order valence-corrected chi connectivity index (χ2v) is 16.7. The summed E-state index contributed by atoms with van der Waals surface area (Å²) < 4.78 is 0. The van der Waals surface area contributed by atoms with E-state index in [0.717, 1.165) is 0 Å². The summed E-state index contributed by atoms with van der Waals surface area (Å²) in [6, 6.07) is 41.7. The molecule has 0 radical (unpaired) electrons. The molecule has 0 heterocycles. The van der Waals surface area contributed by atoms with Gasteiger partial charge in [-0.25, -0.2) is 0 Å². The van der Waals surface area contributed by atoms with Gasteiger partial charge >= 0.3 is 25.8 Å². The Morgan fingerprint density at radius 3 is 1.21 bits per heavy atom. The minimum Gasteiger partial charge on any atom is -0.358 e. The quantitative estimate of drug-likeness (QED) is 0.118. The third-order valence-corrected chi connectivity index (χ3v) is 12.2. The summed E-state index contributed by atoms with van der Waals surface area (Å²) in [4.78, 5) is 0. The van der Waals surface area contributed by atoms with Crippen LogP contribution in [0.1, 0.15) is 50.7 Å². The van der Waals surface area contributed by atoms with Gasteiger partial charge in [0, 0.05) is 0 Å². The normalized spacial score (nSPS) is 11.4. The Morgan fingerprint density at radius 2 is 0.881 bits per heavy atom. The molecule has 2 heteroatoms. The van der Waals surface area contributed by atoms with Crippen LogP contribution < -0.4 is 10.4 Å². The largest absolute Gasteiger partial charge is 4.00 e. The van der Waals surface area contributed by atoms with Crippen molar-refractivity contribution in [3.05, 3.63) is 135 Å². The molecule has 0 spiro atoms. The topological polar surface area (TPSA) is 0 Å². The first-order chi connectivity index (χ1) is 18.7. The first kappa shape index (κ1) is 33.7. The molecule has 0 amide bonds. The average molecular weight is 731 g/mol. The molecule has 0 aliphatic rings. The number of hydrogen-bond donors (Lipinski definition) is 0. The van der Waals surface area contributed by atoms with Gasteiger partial charge in [0.2, 0.25) is 0 Å². The standard InChI is InChI=1S/C38H38Si.2CH3.Hf/c1-25(2)27-13-17-29(18-14-27)35-11-7-9-31-21-33(23-37(31)35)39(5,6)34-22-32-10-8-12-36(38(32)24-34)30-19-15-28(16-20-30)26(3)4;;;/h7-26H,1-6H3;2*1H3;/q-2;2*-1;+4. The van der Waals surface area contributed by atoms with Crippen molar-refractivity contribution in [2.45, 2.75) is 52.6 Å². The second kappa shape index (κ2) is 13.2. The van der Waals surface area contributed by atoms with Crippen molar-refractivity contribution in [3.8, 4) is 22.3 Å². The zero-order valence-corrected chi connectivity index (χ0v) is 31.1. The maximum absolute atomic E-state index is 2.50. The molecular weight excluding hydrogens is 687 g/mol. The van der Waals surface area contributed by atoms with Gasteiger partial charge in [-0.05, 0) is 34.1 Å². The van der Waals surface area contributed by atoms with Crippen LogP contribution in [0.3, 0.4) is 0 Å². The maximum atomic E-state index is 2.50. The van der Waals surface area contributed by atoms with Gasteiger partial charge in [-0.15, -0.1) is 68.3 Å². The van der Waals surface area contributed by atoms with Gasteiger partial charge in [0.05, 0.1) is 8.07 Å². The van der Waals surface area contributed by atoms with Gasteiger partial charge in [-0.3, -0.25) is 0 Å². The summed E-state index contributed by atoms with van der Waals surface area (Å²) >= 11 is 0. The molecule has 6 rings (SSSR count). The minimum atomic E-state index is -1.92. The molecule has 0 N–H and O–H groups in total. The Balaban J connectivity index is 0.00000161. The zero-order valence-electron chi connectivity index (χ0n) is 26.5. The van der Waals surface area contributed by atoms with Crippen molar-refractivity contribution in [2.24, 2.45) is 0 Å². The van der Waals surface area contributed by atoms with Gasteiger partial charge in [0.25, 0.3) is 0 Å². The van der Waals surface area contributed by atoms with Crippen molar-refractivity contribution in [1.82, 2.24) is 0 Å². The minimum absolute atomic E-state index is 0. The van der Waals surface area contributed by atoms with Crippen LogP contribution in [0, 0.1) is 14.9 Å². The summed E-state index contributed by atoms with van der Waals surface area (Å²) in [6.45, 7) is 14.0. The van der Waals surface area contributed by atoms with E-state index in [1.165, 1.54) is 65.3 Å². The smallest absolute Gasteiger partial charge is 0.358 e. The van der Waals surface area contributed by atoms with Crippen LogP contribution in [0.25, 0.3) is 43.8 Å². The van der Waals surface area contributed by atoms with Crippen molar-refractivity contribution in [1.29, 1.82) is 0 Å². The van der Waals surface area contributed by atoms with Gasteiger partial charge < -0.3 is 14.9 Å². The Hall–Kier alpha value is -2.81. The van der Waals surface area contributed by atoms with E-state index in [9.17, 15) is 0 Å². The van der Waals surface area contributed by atoms with Crippen LogP contribution in [0.5, 0.6) is 0 Å². The first-order valence-corrected chi connectivity index (χ1v) is 17.3. The average Bonchev–Trinajstić information content (AvgIpc) is 3.59. The number of rotatable bonds is 6. The van der Waals surface area contributed by atoms with E-state index in [1.807, 2.05) is 0 Å². The van der Waals surface area contributed by atoms with Gasteiger partial charge in [0.15, 0.2) is 0 Å². The molecule has 0 bridgehead atoms. The Morgan fingerprint density at radius 1 is 0.524 bits per heavy atom. The monoisotopic (exact) mass is 732 g/mol. The molecule has 0 saturated heterocycles. The molecule has 0 aromatic heterocycles. The summed E-state index contributed by atoms with van der Waals surface area (Å²) in [6.07, 6.45) is 0. The van der Waals surface area contributed by atoms with Crippen LogP contribution in [-0.2, 0) is 25.8 Å². The van der Waals surface area contributed by atoms with Crippen LogP contribution in [-0.4, -0.2) is 8.07 Å². The van der Waals surface area contributed by atoms with E-state index in [4.69, 9.17) is 0 Å². The second-order valence-electron chi connectivity index (χ2n) is 12.3. The molecule has 6 aromatic rings. The van der Waals surface area contributed by atoms with Crippen molar-refractivity contribution < 1.29 is 25.8 Å². The Kier molecular flexibility index (Phi) is 10.6. The number of fused-ring (bicyclic) bond motifs is 2. The van der Waals surface area contributed by atoms with Gasteiger partial charge in [0.1, 0.15) is 0 Å². The molecule has 0 nitrogen and oxygen atoms in total. The molecule has 42 heavy (non-hydrogen) atoms. The maximum Gasteiger partial charge on any atom is 4.00 e. The molecule has 6 aromatic carbocycles. The summed E-state index contributed by atoms with van der Waals surface area (Å²) in [5.41, 5.74) is 8.04. The Bertz CT molecular complexity index is 1630. The predicted octanol–water partition coefficient (Wildman–Crippen LogP) is 10.7. The van der Waals surface area contributed by atoms with E-state index >= 15 is 0 Å². The number of hydrogen-bond acceptors (Lipinski definition) is 0. The van der Waals surface area contributed by atoms with Crippen LogP contribution in [0.2, 0.25) is 13.1 Å². The predicted molar refractivity (Wildman–Crippen MR) is 188 cm³/mol. The molecule has 0 aliphatic carbocycles. The van der Waals surface area contributed by atoms with Crippen molar-refractivity contribution in [2.75, 3.05) is 0 Å². The molecule has 0 unspecified atom stereocenters. The Labute approximate surface area is 274 Å². The summed E-state index contributed by atoms with van der Waals surface area (Å²) in [5.74, 6) is 1.10. The molecule has 0 aliphatic heterocycles. The van der Waals surface area contributed by atoms with Crippen molar-refractivity contribution >= 4 is 40.0 Å². The van der Waals surface area contributed by atoms with Crippen LogP contribution >= 0.6 is 0 Å². The van der Waals surface area contributed by atoms with Crippen molar-refractivity contribution in [3.63, 3.8) is 0 Å².